The molecule has 1 aliphatic heterocycles. The van der Waals surface area contributed by atoms with Gasteiger partial charge in [-0.05, 0) is 41.4 Å². The molecule has 0 aliphatic carbocycles. The largest absolute Gasteiger partial charge is 0.466 e. The van der Waals surface area contributed by atoms with E-state index < -0.39 is 0 Å². The Bertz CT molecular complexity index is 356. The number of nitrogens with two attached hydrogens (primary N) is 1. The zero-order chi connectivity index (χ0) is 12.3. The van der Waals surface area contributed by atoms with Crippen LogP contribution in [0.25, 0.3) is 0 Å². The lowest BCUT2D eigenvalue weighted by molar-refractivity contribution is 0.0118. The Morgan fingerprint density at radius 1 is 1.71 bits per heavy atom. The minimum atomic E-state index is 0.136. The number of halogens is 1. The Morgan fingerprint density at radius 2 is 2.53 bits per heavy atom. The highest BCUT2D eigenvalue weighted by atomic mass is 79.9. The van der Waals surface area contributed by atoms with Crippen LogP contribution in [0, 0.1) is 0 Å². The molecule has 0 spiro atoms. The summed E-state index contributed by atoms with van der Waals surface area (Å²) in [6.45, 7) is 2.53. The molecule has 0 amide bonds. The number of likely N-dealkylation sites (tertiary alicyclic amines) is 1. The fourth-order valence-electron chi connectivity index (χ4n) is 2.41. The number of hydrogen-bond donors (Lipinski definition) is 1. The van der Waals surface area contributed by atoms with Gasteiger partial charge in [-0.3, -0.25) is 4.90 Å². The summed E-state index contributed by atoms with van der Waals surface area (Å²) in [6.07, 6.45) is 4.28. The zero-order valence-electron chi connectivity index (χ0n) is 10.1. The van der Waals surface area contributed by atoms with E-state index in [4.69, 9.17) is 14.9 Å². The summed E-state index contributed by atoms with van der Waals surface area (Å²) in [4.78, 5) is 2.35. The van der Waals surface area contributed by atoms with Crippen molar-refractivity contribution in [2.45, 2.75) is 25.0 Å². The standard InChI is InChI=1S/C12H19BrN2O2/c1-16-9-3-2-5-15(8-9)11(7-14)12-10(13)4-6-17-12/h4,6,9,11H,2-3,5,7-8,14H2,1H3. The number of methoxy groups -OCH3 is 1. The Labute approximate surface area is 110 Å². The highest BCUT2D eigenvalue weighted by Gasteiger charge is 2.28. The van der Waals surface area contributed by atoms with E-state index in [-0.39, 0.29) is 6.04 Å². The maximum atomic E-state index is 5.89. The van der Waals surface area contributed by atoms with Gasteiger partial charge in [0.05, 0.1) is 22.9 Å². The number of rotatable bonds is 4. The van der Waals surface area contributed by atoms with Crippen LogP contribution in [-0.4, -0.2) is 37.7 Å². The third-order valence-electron chi connectivity index (χ3n) is 3.35. The molecule has 0 aromatic carbocycles. The summed E-state index contributed by atoms with van der Waals surface area (Å²) < 4.78 is 12.0. The average Bonchev–Trinajstić information content (AvgIpc) is 2.77. The molecule has 2 rings (SSSR count). The van der Waals surface area contributed by atoms with Crippen LogP contribution in [0.1, 0.15) is 24.6 Å². The maximum absolute atomic E-state index is 5.89. The fraction of sp³-hybridized carbons (Fsp3) is 0.667. The first-order valence-electron chi connectivity index (χ1n) is 5.96. The molecule has 1 aromatic heterocycles. The van der Waals surface area contributed by atoms with Gasteiger partial charge in [-0.1, -0.05) is 0 Å². The van der Waals surface area contributed by atoms with Gasteiger partial charge in [-0.15, -0.1) is 0 Å². The Balaban J connectivity index is 2.10. The van der Waals surface area contributed by atoms with Crippen LogP contribution >= 0.6 is 15.9 Å². The second kappa shape index (κ2) is 6.00. The molecule has 1 aromatic rings. The number of ether oxygens (including phenoxy) is 1. The Hall–Kier alpha value is -0.360. The third kappa shape index (κ3) is 2.91. The monoisotopic (exact) mass is 302 g/mol. The van der Waals surface area contributed by atoms with Crippen molar-refractivity contribution in [2.24, 2.45) is 5.73 Å². The Morgan fingerprint density at radius 3 is 3.12 bits per heavy atom. The zero-order valence-corrected chi connectivity index (χ0v) is 11.6. The quantitative estimate of drug-likeness (QED) is 0.926. The Kier molecular flexibility index (Phi) is 4.62. The van der Waals surface area contributed by atoms with Crippen molar-refractivity contribution in [3.8, 4) is 0 Å². The molecular formula is C12H19BrN2O2. The molecule has 0 saturated carbocycles. The van der Waals surface area contributed by atoms with Gasteiger partial charge >= 0.3 is 0 Å². The van der Waals surface area contributed by atoms with Crippen molar-refractivity contribution >= 4 is 15.9 Å². The summed E-state index contributed by atoms with van der Waals surface area (Å²) in [5.74, 6) is 0.921. The van der Waals surface area contributed by atoms with E-state index in [1.54, 1.807) is 13.4 Å². The second-order valence-electron chi connectivity index (χ2n) is 4.38. The lowest BCUT2D eigenvalue weighted by Crippen LogP contribution is -2.43. The summed E-state index contributed by atoms with van der Waals surface area (Å²) in [6, 6.07) is 2.05. The molecule has 5 heteroatoms. The molecule has 1 saturated heterocycles. The van der Waals surface area contributed by atoms with E-state index >= 15 is 0 Å². The molecule has 2 heterocycles. The van der Waals surface area contributed by atoms with Crippen LogP contribution in [0.15, 0.2) is 21.2 Å². The first-order chi connectivity index (χ1) is 8.26. The number of nitrogens with zero attached hydrogens (tertiary/aromatic N) is 1. The molecule has 2 N–H and O–H groups in total. The molecule has 96 valence electrons. The molecule has 17 heavy (non-hydrogen) atoms. The van der Waals surface area contributed by atoms with E-state index in [1.165, 1.54) is 0 Å². The van der Waals surface area contributed by atoms with E-state index in [2.05, 4.69) is 20.8 Å². The normalized spacial score (nSPS) is 23.8. The highest BCUT2D eigenvalue weighted by molar-refractivity contribution is 9.10. The van der Waals surface area contributed by atoms with E-state index in [9.17, 15) is 0 Å². The van der Waals surface area contributed by atoms with Gasteiger partial charge in [-0.25, -0.2) is 0 Å². The summed E-state index contributed by atoms with van der Waals surface area (Å²) in [5, 5.41) is 0. The first-order valence-corrected chi connectivity index (χ1v) is 6.75. The summed E-state index contributed by atoms with van der Waals surface area (Å²) in [7, 11) is 1.77. The van der Waals surface area contributed by atoms with Gasteiger partial charge in [0.2, 0.25) is 0 Å². The van der Waals surface area contributed by atoms with Crippen molar-refractivity contribution in [3.63, 3.8) is 0 Å². The van der Waals surface area contributed by atoms with Crippen molar-refractivity contribution < 1.29 is 9.15 Å². The highest BCUT2D eigenvalue weighted by Crippen LogP contribution is 2.30. The molecule has 4 nitrogen and oxygen atoms in total. The topological polar surface area (TPSA) is 51.6 Å². The summed E-state index contributed by atoms with van der Waals surface area (Å²) >= 11 is 3.50. The van der Waals surface area contributed by atoms with Crippen molar-refractivity contribution in [3.05, 3.63) is 22.6 Å². The molecule has 2 atom stereocenters. The predicted octanol–water partition coefficient (Wildman–Crippen LogP) is 2.15. The van der Waals surface area contributed by atoms with Gasteiger partial charge in [0.25, 0.3) is 0 Å². The first kappa shape index (κ1) is 13.1. The summed E-state index contributed by atoms with van der Waals surface area (Å²) in [5.41, 5.74) is 5.89. The third-order valence-corrected chi connectivity index (χ3v) is 4.01. The second-order valence-corrected chi connectivity index (χ2v) is 5.23. The molecule has 2 unspecified atom stereocenters. The van der Waals surface area contributed by atoms with Gasteiger partial charge in [-0.2, -0.15) is 0 Å². The van der Waals surface area contributed by atoms with Gasteiger partial charge in [0.15, 0.2) is 0 Å². The number of furan rings is 1. The van der Waals surface area contributed by atoms with Crippen LogP contribution in [0.3, 0.4) is 0 Å². The van der Waals surface area contributed by atoms with Crippen LogP contribution in [0.2, 0.25) is 0 Å². The van der Waals surface area contributed by atoms with Gasteiger partial charge in [0.1, 0.15) is 5.76 Å². The maximum Gasteiger partial charge on any atom is 0.136 e. The predicted molar refractivity (Wildman–Crippen MR) is 69.8 cm³/mol. The lowest BCUT2D eigenvalue weighted by Gasteiger charge is -2.36. The van der Waals surface area contributed by atoms with Gasteiger partial charge < -0.3 is 14.9 Å². The lowest BCUT2D eigenvalue weighted by atomic mass is 10.0. The van der Waals surface area contributed by atoms with E-state index in [0.717, 1.165) is 36.2 Å². The SMILES string of the molecule is COC1CCCN(C(CN)c2occc2Br)C1. The van der Waals surface area contributed by atoms with Gasteiger partial charge in [0, 0.05) is 20.2 Å². The molecule has 0 radical (unpaired) electrons. The van der Waals surface area contributed by atoms with Crippen LogP contribution in [0.5, 0.6) is 0 Å². The van der Waals surface area contributed by atoms with Crippen molar-refractivity contribution in [2.75, 3.05) is 26.7 Å². The van der Waals surface area contributed by atoms with Crippen molar-refractivity contribution in [1.82, 2.24) is 4.90 Å². The van der Waals surface area contributed by atoms with Crippen LogP contribution in [-0.2, 0) is 4.74 Å². The minimum Gasteiger partial charge on any atom is -0.466 e. The molecular weight excluding hydrogens is 284 g/mol. The molecule has 1 aliphatic rings. The molecule has 1 fully saturated rings. The number of hydrogen-bond acceptors (Lipinski definition) is 4. The van der Waals surface area contributed by atoms with Crippen LogP contribution in [0.4, 0.5) is 0 Å². The van der Waals surface area contributed by atoms with E-state index in [0.29, 0.717) is 12.6 Å². The smallest absolute Gasteiger partial charge is 0.136 e. The van der Waals surface area contributed by atoms with Crippen molar-refractivity contribution in [1.29, 1.82) is 0 Å². The average molecular weight is 303 g/mol. The number of piperidine rings is 1. The van der Waals surface area contributed by atoms with Crippen LogP contribution < -0.4 is 5.73 Å². The molecule has 0 bridgehead atoms. The fourth-order valence-corrected chi connectivity index (χ4v) is 2.87. The minimum absolute atomic E-state index is 0.136. The van der Waals surface area contributed by atoms with E-state index in [1.807, 2.05) is 6.07 Å².